The molecule has 180 valence electrons. The first kappa shape index (κ1) is 24.5. The van der Waals surface area contributed by atoms with Crippen molar-refractivity contribution in [2.24, 2.45) is 0 Å². The van der Waals surface area contributed by atoms with Gasteiger partial charge in [0.15, 0.2) is 14.5 Å². The normalized spacial score (nSPS) is 28.0. The van der Waals surface area contributed by atoms with E-state index in [2.05, 4.69) is 51.0 Å². The van der Waals surface area contributed by atoms with Crippen LogP contribution in [-0.4, -0.2) is 34.8 Å². The highest BCUT2D eigenvalue weighted by Crippen LogP contribution is 2.54. The molecule has 0 amide bonds. The van der Waals surface area contributed by atoms with Crippen LogP contribution in [0, 0.1) is 6.92 Å². The highest BCUT2D eigenvalue weighted by atomic mass is 32.2. The van der Waals surface area contributed by atoms with Crippen molar-refractivity contribution >= 4 is 20.1 Å². The van der Waals surface area contributed by atoms with Gasteiger partial charge in [0.05, 0.1) is 17.0 Å². The number of hydrogen-bond donors (Lipinski definition) is 1. The third-order valence-corrected chi connectivity index (χ3v) is 13.3. The highest BCUT2D eigenvalue weighted by Gasteiger charge is 2.57. The van der Waals surface area contributed by atoms with Gasteiger partial charge in [-0.2, -0.15) is 0 Å². The third-order valence-electron chi connectivity index (χ3n) is 7.57. The van der Waals surface area contributed by atoms with E-state index in [4.69, 9.17) is 9.16 Å². The number of hydrogen-bond acceptors (Lipinski definition) is 5. The summed E-state index contributed by atoms with van der Waals surface area (Å²) in [5.41, 5.74) is -0.693. The lowest BCUT2D eigenvalue weighted by Crippen LogP contribution is -2.50. The summed E-state index contributed by atoms with van der Waals surface area (Å²) in [6.45, 7) is 13.1. The standard InChI is InChI=1S/C25H36N2O4SSi/c1-17-16-27(23(29)26-21(17)28)22-19(32-18-11-8-7-9-12-18)15-25(30-22)14-10-13-20(25)31-33(5,6)24(2,3)4/h7-9,11-12,16,19-20,22H,10,13-15H2,1-6H3,(H,26,28,29)/t19-,20-,22-,25+/m1/s1. The first-order chi connectivity index (χ1) is 15.4. The zero-order valence-corrected chi connectivity index (χ0v) is 22.3. The predicted molar refractivity (Wildman–Crippen MR) is 136 cm³/mol. The molecule has 4 rings (SSSR count). The molecule has 0 unspecified atom stereocenters. The molecule has 1 aliphatic carbocycles. The topological polar surface area (TPSA) is 73.3 Å². The van der Waals surface area contributed by atoms with E-state index in [1.165, 1.54) is 0 Å². The minimum atomic E-state index is -1.99. The lowest BCUT2D eigenvalue weighted by molar-refractivity contribution is -0.116. The van der Waals surface area contributed by atoms with Crippen LogP contribution in [-0.2, 0) is 9.16 Å². The molecule has 1 saturated carbocycles. The van der Waals surface area contributed by atoms with Crippen LogP contribution in [0.15, 0.2) is 51.0 Å². The number of aromatic nitrogens is 2. The van der Waals surface area contributed by atoms with E-state index >= 15 is 0 Å². The Bertz CT molecular complexity index is 1110. The van der Waals surface area contributed by atoms with Crippen LogP contribution in [0.2, 0.25) is 18.1 Å². The van der Waals surface area contributed by atoms with Crippen LogP contribution in [0.3, 0.4) is 0 Å². The highest BCUT2D eigenvalue weighted by molar-refractivity contribution is 8.00. The second kappa shape index (κ2) is 8.87. The quantitative estimate of drug-likeness (QED) is 0.583. The maximum absolute atomic E-state index is 12.8. The predicted octanol–water partition coefficient (Wildman–Crippen LogP) is 5.24. The minimum Gasteiger partial charge on any atom is -0.411 e. The van der Waals surface area contributed by atoms with Gasteiger partial charge in [0.25, 0.3) is 5.56 Å². The first-order valence-electron chi connectivity index (χ1n) is 11.8. The van der Waals surface area contributed by atoms with Gasteiger partial charge in [-0.25, -0.2) is 4.79 Å². The summed E-state index contributed by atoms with van der Waals surface area (Å²) in [5, 5.41) is 0.138. The van der Waals surface area contributed by atoms with Crippen molar-refractivity contribution in [3.63, 3.8) is 0 Å². The second-order valence-electron chi connectivity index (χ2n) is 11.0. The van der Waals surface area contributed by atoms with E-state index in [0.717, 1.165) is 30.6 Å². The number of rotatable bonds is 5. The monoisotopic (exact) mass is 488 g/mol. The Labute approximate surface area is 201 Å². The molecule has 2 heterocycles. The average Bonchev–Trinajstić information content (AvgIpc) is 3.28. The molecule has 0 radical (unpaired) electrons. The second-order valence-corrected chi connectivity index (χ2v) is 17.1. The van der Waals surface area contributed by atoms with Crippen LogP contribution in [0.5, 0.6) is 0 Å². The molecule has 1 aromatic carbocycles. The van der Waals surface area contributed by atoms with Gasteiger partial charge in [0.1, 0.15) is 0 Å². The van der Waals surface area contributed by atoms with Gasteiger partial charge in [-0.05, 0) is 62.9 Å². The molecular weight excluding hydrogens is 452 g/mol. The van der Waals surface area contributed by atoms with Crippen LogP contribution in [0.25, 0.3) is 0 Å². The Morgan fingerprint density at radius 3 is 2.58 bits per heavy atom. The van der Waals surface area contributed by atoms with Crippen LogP contribution < -0.4 is 11.2 Å². The lowest BCUT2D eigenvalue weighted by atomic mass is 9.96. The Kier molecular flexibility index (Phi) is 6.59. The molecule has 2 aliphatic rings. The molecule has 0 bridgehead atoms. The maximum atomic E-state index is 12.8. The molecule has 2 fully saturated rings. The van der Waals surface area contributed by atoms with Gasteiger partial charge >= 0.3 is 5.69 Å². The lowest BCUT2D eigenvalue weighted by Gasteiger charge is -2.42. The number of thioether (sulfide) groups is 1. The fourth-order valence-corrected chi connectivity index (χ4v) is 7.40. The van der Waals surface area contributed by atoms with Gasteiger partial charge in [-0.1, -0.05) is 39.0 Å². The zero-order valence-electron chi connectivity index (χ0n) is 20.5. The van der Waals surface area contributed by atoms with E-state index in [-0.39, 0.29) is 22.0 Å². The SMILES string of the molecule is Cc1cn([C@@H]2O[C@@]3(CCC[C@H]3O[Si](C)(C)C(C)(C)C)C[C@H]2Sc2ccccc2)c(=O)[nH]c1=O. The number of nitrogens with zero attached hydrogens (tertiary/aromatic N) is 1. The fraction of sp³-hybridized carbons (Fsp3) is 0.600. The molecule has 1 aromatic heterocycles. The third kappa shape index (κ3) is 4.80. The Balaban J connectivity index is 1.70. The van der Waals surface area contributed by atoms with Crippen molar-refractivity contribution in [2.75, 3.05) is 0 Å². The van der Waals surface area contributed by atoms with Gasteiger partial charge in [-0.15, -0.1) is 11.8 Å². The van der Waals surface area contributed by atoms with Crippen LogP contribution in [0.1, 0.15) is 58.2 Å². The van der Waals surface area contributed by atoms with Crippen molar-refractivity contribution in [3.8, 4) is 0 Å². The van der Waals surface area contributed by atoms with Gasteiger partial charge in [0.2, 0.25) is 0 Å². The maximum Gasteiger partial charge on any atom is 0.330 e. The average molecular weight is 489 g/mol. The molecule has 1 spiro atoms. The molecule has 8 heteroatoms. The fourth-order valence-electron chi connectivity index (χ4n) is 4.67. The van der Waals surface area contributed by atoms with E-state index in [0.29, 0.717) is 5.56 Å². The number of H-pyrrole nitrogens is 1. The van der Waals surface area contributed by atoms with Crippen molar-refractivity contribution in [1.29, 1.82) is 0 Å². The van der Waals surface area contributed by atoms with Crippen LogP contribution in [0.4, 0.5) is 0 Å². The Morgan fingerprint density at radius 2 is 1.91 bits per heavy atom. The molecule has 4 atom stereocenters. The van der Waals surface area contributed by atoms with Crippen molar-refractivity contribution in [2.45, 2.75) is 99.6 Å². The molecule has 6 nitrogen and oxygen atoms in total. The van der Waals surface area contributed by atoms with Crippen LogP contribution >= 0.6 is 11.8 Å². The van der Waals surface area contributed by atoms with Gasteiger partial charge in [-0.3, -0.25) is 14.3 Å². The van der Waals surface area contributed by atoms with E-state index in [1.54, 1.807) is 29.4 Å². The number of ether oxygens (including phenoxy) is 1. The zero-order chi connectivity index (χ0) is 24.0. The molecule has 1 aliphatic heterocycles. The summed E-state index contributed by atoms with van der Waals surface area (Å²) in [7, 11) is -1.99. The largest absolute Gasteiger partial charge is 0.411 e. The number of aryl methyl sites for hydroxylation is 1. The van der Waals surface area contributed by atoms with Gasteiger partial charge < -0.3 is 9.16 Å². The molecular formula is C25H36N2O4SSi. The summed E-state index contributed by atoms with van der Waals surface area (Å²) < 4.78 is 15.3. The van der Waals surface area contributed by atoms with E-state index < -0.39 is 25.8 Å². The molecule has 1 N–H and O–H groups in total. The Hall–Kier alpha value is -1.61. The smallest absolute Gasteiger partial charge is 0.330 e. The molecule has 2 aromatic rings. The summed E-state index contributed by atoms with van der Waals surface area (Å²) in [4.78, 5) is 28.4. The number of benzene rings is 1. The molecule has 1 saturated heterocycles. The Morgan fingerprint density at radius 1 is 1.21 bits per heavy atom. The number of nitrogens with one attached hydrogen (secondary N) is 1. The van der Waals surface area contributed by atoms with Gasteiger partial charge in [0, 0.05) is 16.7 Å². The minimum absolute atomic E-state index is 0.0156. The van der Waals surface area contributed by atoms with Crippen molar-refractivity contribution in [1.82, 2.24) is 9.55 Å². The molecule has 33 heavy (non-hydrogen) atoms. The summed E-state index contributed by atoms with van der Waals surface area (Å²) in [6, 6.07) is 10.2. The van der Waals surface area contributed by atoms with E-state index in [9.17, 15) is 9.59 Å². The number of aromatic amines is 1. The summed E-state index contributed by atoms with van der Waals surface area (Å²) in [5.74, 6) is 0. The van der Waals surface area contributed by atoms with Crippen molar-refractivity contribution < 1.29 is 9.16 Å². The first-order valence-corrected chi connectivity index (χ1v) is 15.6. The van der Waals surface area contributed by atoms with Crippen molar-refractivity contribution in [3.05, 3.63) is 62.9 Å². The summed E-state index contributed by atoms with van der Waals surface area (Å²) >= 11 is 1.74. The summed E-state index contributed by atoms with van der Waals surface area (Å²) in [6.07, 6.45) is 4.94. The van der Waals surface area contributed by atoms with E-state index in [1.807, 2.05) is 18.2 Å².